The zero-order valence-corrected chi connectivity index (χ0v) is 24.4. The molecule has 0 saturated carbocycles. The van der Waals surface area contributed by atoms with Crippen molar-refractivity contribution in [2.24, 2.45) is 11.8 Å². The molecule has 0 aliphatic rings. The third-order valence-electron chi connectivity index (χ3n) is 6.03. The smallest absolute Gasteiger partial charge is 0.410 e. The number of rotatable bonds is 11. The van der Waals surface area contributed by atoms with Gasteiger partial charge in [-0.05, 0) is 63.5 Å². The number of nitrogens with zero attached hydrogens (tertiary/aromatic N) is 4. The Labute approximate surface area is 224 Å². The molecule has 2 heterocycles. The predicted molar refractivity (Wildman–Crippen MR) is 147 cm³/mol. The first kappa shape index (κ1) is 30.4. The fourth-order valence-electron chi connectivity index (χ4n) is 4.10. The number of ether oxygens (including phenoxy) is 1. The van der Waals surface area contributed by atoms with Crippen LogP contribution in [0.5, 0.6) is 0 Å². The van der Waals surface area contributed by atoms with Crippen molar-refractivity contribution in [2.75, 3.05) is 24.6 Å². The second-order valence-electron chi connectivity index (χ2n) is 10.6. The van der Waals surface area contributed by atoms with Crippen molar-refractivity contribution in [3.63, 3.8) is 0 Å². The van der Waals surface area contributed by atoms with Crippen LogP contribution in [0.4, 0.5) is 15.0 Å². The van der Waals surface area contributed by atoms with Crippen LogP contribution in [0, 0.1) is 17.7 Å². The van der Waals surface area contributed by atoms with Crippen LogP contribution in [0.25, 0.3) is 10.9 Å². The van der Waals surface area contributed by atoms with Gasteiger partial charge in [0.05, 0.1) is 11.1 Å². The molecule has 2 N–H and O–H groups in total. The molecule has 2 aromatic rings. The van der Waals surface area contributed by atoms with E-state index in [2.05, 4.69) is 35.7 Å². The lowest BCUT2D eigenvalue weighted by atomic mass is 9.86. The molecular weight excluding hydrogens is 501 g/mol. The lowest BCUT2D eigenvalue weighted by molar-refractivity contribution is 0.0201. The summed E-state index contributed by atoms with van der Waals surface area (Å²) in [5.74, 6) is 0.799. The Kier molecular flexibility index (Phi) is 11.0. The lowest BCUT2D eigenvalue weighted by Gasteiger charge is -2.32. The number of thioether (sulfide) groups is 1. The summed E-state index contributed by atoms with van der Waals surface area (Å²) in [5.41, 5.74) is 6.43. The van der Waals surface area contributed by atoms with Gasteiger partial charge in [-0.3, -0.25) is 0 Å². The third-order valence-corrected chi connectivity index (χ3v) is 7.01. The number of hydrogen-bond acceptors (Lipinski definition) is 7. The fraction of sp³-hybridized carbons (Fsp3) is 0.692. The number of pyridine rings is 1. The number of nitrogens with two attached hydrogens (primary N) is 1. The zero-order valence-electron chi connectivity index (χ0n) is 22.8. The molecule has 0 aliphatic carbocycles. The monoisotopic (exact) mass is 541 g/mol. The largest absolute Gasteiger partial charge is 0.444 e. The number of nitrogen functional groups attached to an aromatic ring is 1. The van der Waals surface area contributed by atoms with Gasteiger partial charge >= 0.3 is 6.09 Å². The molecule has 0 bridgehead atoms. The van der Waals surface area contributed by atoms with Crippen molar-refractivity contribution < 1.29 is 13.9 Å². The van der Waals surface area contributed by atoms with E-state index < -0.39 is 11.4 Å². The van der Waals surface area contributed by atoms with E-state index in [1.165, 1.54) is 11.8 Å². The van der Waals surface area contributed by atoms with Crippen molar-refractivity contribution in [1.82, 2.24) is 19.9 Å². The highest BCUT2D eigenvalue weighted by Crippen LogP contribution is 2.35. The Balaban J connectivity index is 2.28. The standard InChI is InChI=1S/C26H41ClFN5O2S/c1-9-13-33(25(34)35-26(6,7)8)14-17(15(3)4)12-11-16(5)20-18-21(19(28)22(27)30-20)31-24(36-10-2)32-23(18)29/h15-17H,9-14H2,1-8H3,(H2,29,31,32)/t16-,17?/m1/s1. The van der Waals surface area contributed by atoms with Gasteiger partial charge in [-0.2, -0.15) is 0 Å². The van der Waals surface area contributed by atoms with Gasteiger partial charge in [0.1, 0.15) is 16.9 Å². The Morgan fingerprint density at radius 3 is 2.39 bits per heavy atom. The molecule has 1 unspecified atom stereocenters. The fourth-order valence-corrected chi connectivity index (χ4v) is 4.86. The van der Waals surface area contributed by atoms with E-state index in [0.717, 1.165) is 25.0 Å². The normalized spacial score (nSPS) is 13.8. The van der Waals surface area contributed by atoms with Gasteiger partial charge in [0.15, 0.2) is 16.1 Å². The van der Waals surface area contributed by atoms with Crippen LogP contribution in [0.3, 0.4) is 0 Å². The highest BCUT2D eigenvalue weighted by molar-refractivity contribution is 7.99. The Bertz CT molecular complexity index is 1050. The molecule has 7 nitrogen and oxygen atoms in total. The molecule has 0 saturated heterocycles. The number of hydrogen-bond donors (Lipinski definition) is 1. The molecule has 1 amide bonds. The van der Waals surface area contributed by atoms with Gasteiger partial charge in [-0.1, -0.05) is 58.0 Å². The van der Waals surface area contributed by atoms with Gasteiger partial charge in [-0.15, -0.1) is 0 Å². The molecule has 202 valence electrons. The summed E-state index contributed by atoms with van der Waals surface area (Å²) in [5, 5.41) is 0.627. The quantitative estimate of drug-likeness (QED) is 0.181. The first-order chi connectivity index (χ1) is 16.8. The zero-order chi connectivity index (χ0) is 27.2. The van der Waals surface area contributed by atoms with Gasteiger partial charge in [-0.25, -0.2) is 24.1 Å². The topological polar surface area (TPSA) is 94.2 Å². The average molecular weight is 542 g/mol. The Hall–Kier alpha value is -1.87. The Morgan fingerprint density at radius 1 is 1.17 bits per heavy atom. The number of aromatic nitrogens is 3. The first-order valence-corrected chi connectivity index (χ1v) is 14.1. The summed E-state index contributed by atoms with van der Waals surface area (Å²) in [7, 11) is 0. The van der Waals surface area contributed by atoms with Crippen LogP contribution in [0.15, 0.2) is 5.16 Å². The minimum absolute atomic E-state index is 0.0661. The summed E-state index contributed by atoms with van der Waals surface area (Å²) in [4.78, 5) is 27.7. The van der Waals surface area contributed by atoms with E-state index in [0.29, 0.717) is 35.2 Å². The second-order valence-corrected chi connectivity index (χ2v) is 12.1. The SMILES string of the molecule is CCCN(CC(CC[C@@H](C)c1nc(Cl)c(F)c2nc(SCC)nc(N)c12)C(C)C)C(=O)OC(C)(C)C. The Morgan fingerprint density at radius 2 is 1.83 bits per heavy atom. The predicted octanol–water partition coefficient (Wildman–Crippen LogP) is 7.31. The molecular formula is C26H41ClFN5O2S. The van der Waals surface area contributed by atoms with Crippen LogP contribution in [0.2, 0.25) is 5.15 Å². The van der Waals surface area contributed by atoms with E-state index in [9.17, 15) is 9.18 Å². The maximum absolute atomic E-state index is 14.9. The van der Waals surface area contributed by atoms with E-state index in [1.807, 2.05) is 39.5 Å². The van der Waals surface area contributed by atoms with Crippen molar-refractivity contribution in [2.45, 2.75) is 91.3 Å². The van der Waals surface area contributed by atoms with Crippen LogP contribution in [-0.4, -0.2) is 50.4 Å². The summed E-state index contributed by atoms with van der Waals surface area (Å²) in [6, 6.07) is 0. The molecule has 10 heteroatoms. The summed E-state index contributed by atoms with van der Waals surface area (Å²) < 4.78 is 20.5. The molecule has 0 aromatic carbocycles. The van der Waals surface area contributed by atoms with Crippen LogP contribution >= 0.6 is 23.4 Å². The van der Waals surface area contributed by atoms with Crippen LogP contribution in [-0.2, 0) is 4.74 Å². The molecule has 0 radical (unpaired) electrons. The van der Waals surface area contributed by atoms with Gasteiger partial charge in [0.25, 0.3) is 0 Å². The van der Waals surface area contributed by atoms with E-state index in [4.69, 9.17) is 22.1 Å². The number of fused-ring (bicyclic) bond motifs is 1. The minimum Gasteiger partial charge on any atom is -0.444 e. The van der Waals surface area contributed by atoms with Crippen LogP contribution in [0.1, 0.15) is 86.3 Å². The average Bonchev–Trinajstić information content (AvgIpc) is 2.76. The van der Waals surface area contributed by atoms with Gasteiger partial charge in [0, 0.05) is 13.1 Å². The van der Waals surface area contributed by atoms with Crippen molar-refractivity contribution in [3.05, 3.63) is 16.7 Å². The number of anilines is 1. The second kappa shape index (κ2) is 13.1. The van der Waals surface area contributed by atoms with Crippen molar-refractivity contribution in [1.29, 1.82) is 0 Å². The number of amides is 1. The van der Waals surface area contributed by atoms with Crippen LogP contribution < -0.4 is 5.73 Å². The highest BCUT2D eigenvalue weighted by atomic mass is 35.5. The number of carbonyl (C=O) groups excluding carboxylic acids is 1. The third kappa shape index (κ3) is 8.07. The summed E-state index contributed by atoms with van der Waals surface area (Å²) >= 11 is 7.56. The molecule has 0 fully saturated rings. The van der Waals surface area contributed by atoms with E-state index in [1.54, 1.807) is 0 Å². The molecule has 0 spiro atoms. The van der Waals surface area contributed by atoms with Crippen molar-refractivity contribution >= 4 is 46.2 Å². The highest BCUT2D eigenvalue weighted by Gasteiger charge is 2.27. The maximum atomic E-state index is 14.9. The van der Waals surface area contributed by atoms with Crippen molar-refractivity contribution in [3.8, 4) is 0 Å². The first-order valence-electron chi connectivity index (χ1n) is 12.7. The number of carbonyl (C=O) groups is 1. The molecule has 2 rings (SSSR count). The number of halogens is 2. The summed E-state index contributed by atoms with van der Waals surface area (Å²) in [6.07, 6.45) is 2.16. The molecule has 0 aliphatic heterocycles. The van der Waals surface area contributed by atoms with Gasteiger partial charge in [0.2, 0.25) is 0 Å². The van der Waals surface area contributed by atoms with Gasteiger partial charge < -0.3 is 15.4 Å². The molecule has 2 aromatic heterocycles. The van der Waals surface area contributed by atoms with E-state index in [-0.39, 0.29) is 34.4 Å². The maximum Gasteiger partial charge on any atom is 0.410 e. The summed E-state index contributed by atoms with van der Waals surface area (Å²) in [6.45, 7) is 17.2. The minimum atomic E-state index is -0.678. The van der Waals surface area contributed by atoms with E-state index >= 15 is 0 Å². The lowest BCUT2D eigenvalue weighted by Crippen LogP contribution is -2.41. The molecule has 36 heavy (non-hydrogen) atoms. The molecule has 2 atom stereocenters.